The number of hydrogen-bond acceptors (Lipinski definition) is 9. The number of rotatable bonds is 7. The van der Waals surface area contributed by atoms with Crippen molar-refractivity contribution in [1.29, 1.82) is 0 Å². The lowest BCUT2D eigenvalue weighted by Crippen LogP contribution is -2.40. The third-order valence-electron chi connectivity index (χ3n) is 6.22. The van der Waals surface area contributed by atoms with E-state index in [-0.39, 0.29) is 46.2 Å². The summed E-state index contributed by atoms with van der Waals surface area (Å²) in [6.07, 6.45) is 5.56. The van der Waals surface area contributed by atoms with E-state index in [0.717, 1.165) is 17.9 Å². The molecular weight excluding hydrogens is 647 g/mol. The minimum atomic E-state index is -4.43. The molecule has 1 N–H and O–H groups in total. The first kappa shape index (κ1) is 28.3. The number of carbonyl (C=O) groups is 2. The van der Waals surface area contributed by atoms with Crippen LogP contribution in [0.5, 0.6) is 5.75 Å². The van der Waals surface area contributed by atoms with E-state index < -0.39 is 27.1 Å². The molecule has 1 aliphatic carbocycles. The van der Waals surface area contributed by atoms with Gasteiger partial charge >= 0.3 is 10.1 Å². The van der Waals surface area contributed by atoms with E-state index >= 15 is 0 Å². The Balaban J connectivity index is 1.48. The molecule has 0 saturated heterocycles. The van der Waals surface area contributed by atoms with Gasteiger partial charge in [-0.25, -0.2) is 9.99 Å². The second kappa shape index (κ2) is 11.3. The fourth-order valence-corrected chi connectivity index (χ4v) is 6.16. The van der Waals surface area contributed by atoms with Crippen LogP contribution in [0.3, 0.4) is 0 Å². The molecule has 5 rings (SSSR count). The molecule has 0 radical (unpaired) electrons. The van der Waals surface area contributed by atoms with Gasteiger partial charge in [-0.2, -0.15) is 13.5 Å². The molecule has 3 aromatic rings. The van der Waals surface area contributed by atoms with Crippen LogP contribution in [0.25, 0.3) is 0 Å². The van der Waals surface area contributed by atoms with Gasteiger partial charge in [0.25, 0.3) is 5.91 Å². The molecule has 1 unspecified atom stereocenters. The number of carbonyl (C=O) groups excluding carboxylic acids is 2. The lowest BCUT2D eigenvalue weighted by molar-refractivity contribution is -0.117. The summed E-state index contributed by atoms with van der Waals surface area (Å²) in [5.74, 6) is -0.936. The Morgan fingerprint density at radius 2 is 1.93 bits per heavy atom. The minimum Gasteiger partial charge on any atom is -0.376 e. The van der Waals surface area contributed by atoms with Crippen molar-refractivity contribution in [3.05, 3.63) is 75.1 Å². The first-order valence-electron chi connectivity index (χ1n) is 11.9. The SMILES string of the molecule is CN(C(=O)c1cc(Cl)cc(Br)c1NC(=O)C1CC(S(=O)(=O)Oc2cccnc2)=NN1c1ncccc1Cl)C1CC1. The summed E-state index contributed by atoms with van der Waals surface area (Å²) in [6, 6.07) is 7.98. The second-order valence-corrected chi connectivity index (χ2v) is 12.3. The molecule has 3 heterocycles. The van der Waals surface area contributed by atoms with Crippen molar-refractivity contribution in [2.75, 3.05) is 17.4 Å². The topological polar surface area (TPSA) is 134 Å². The van der Waals surface area contributed by atoms with Crippen LogP contribution < -0.4 is 14.5 Å². The second-order valence-electron chi connectivity index (χ2n) is 9.04. The van der Waals surface area contributed by atoms with Crippen molar-refractivity contribution in [2.45, 2.75) is 31.3 Å². The Bertz CT molecular complexity index is 1620. The van der Waals surface area contributed by atoms with Gasteiger partial charge in [0.1, 0.15) is 6.04 Å². The summed E-state index contributed by atoms with van der Waals surface area (Å²) in [6.45, 7) is 0. The van der Waals surface area contributed by atoms with E-state index in [1.807, 2.05) is 0 Å². The van der Waals surface area contributed by atoms with Gasteiger partial charge in [-0.05, 0) is 65.2 Å². The number of nitrogens with zero attached hydrogens (tertiary/aromatic N) is 5. The standard InChI is InChI=1S/C25H21BrCl2N6O5S/c1-33(15-6-7-15)25(36)17-10-14(27)11-18(26)22(17)31-24(35)20-12-21(32-34(20)23-19(28)5-3-9-30-23)40(37,38)39-16-4-2-8-29-13-16/h2-5,8-11,13,15,20H,6-7,12H2,1H3,(H,31,35). The molecule has 0 spiro atoms. The largest absolute Gasteiger partial charge is 0.376 e. The molecule has 1 atom stereocenters. The summed E-state index contributed by atoms with van der Waals surface area (Å²) >= 11 is 16.0. The maximum absolute atomic E-state index is 13.7. The van der Waals surface area contributed by atoms with Crippen molar-refractivity contribution in [1.82, 2.24) is 14.9 Å². The van der Waals surface area contributed by atoms with E-state index in [4.69, 9.17) is 27.4 Å². The number of anilines is 2. The number of pyridine rings is 2. The molecule has 1 aromatic carbocycles. The molecule has 208 valence electrons. The lowest BCUT2D eigenvalue weighted by atomic mass is 10.1. The normalized spacial score (nSPS) is 16.9. The van der Waals surface area contributed by atoms with Gasteiger partial charge < -0.3 is 14.4 Å². The summed E-state index contributed by atoms with van der Waals surface area (Å²) in [5.41, 5.74) is 0.359. The average Bonchev–Trinajstić information content (AvgIpc) is 3.67. The Morgan fingerprint density at radius 1 is 1.18 bits per heavy atom. The molecular formula is C25H21BrCl2N6O5S. The highest BCUT2D eigenvalue weighted by Gasteiger charge is 2.42. The van der Waals surface area contributed by atoms with Crippen molar-refractivity contribution in [3.63, 3.8) is 0 Å². The Morgan fingerprint density at radius 3 is 2.60 bits per heavy atom. The number of halogens is 3. The Labute approximate surface area is 248 Å². The van der Waals surface area contributed by atoms with Crippen LogP contribution in [0.1, 0.15) is 29.6 Å². The molecule has 1 fully saturated rings. The monoisotopic (exact) mass is 666 g/mol. The van der Waals surface area contributed by atoms with Gasteiger partial charge in [-0.1, -0.05) is 23.2 Å². The van der Waals surface area contributed by atoms with Crippen LogP contribution in [0, 0.1) is 0 Å². The third-order valence-corrected chi connectivity index (χ3v) is 8.59. The van der Waals surface area contributed by atoms with Gasteiger partial charge in [0, 0.05) is 41.4 Å². The number of nitrogens with one attached hydrogen (secondary N) is 1. The quantitative estimate of drug-likeness (QED) is 0.358. The van der Waals surface area contributed by atoms with Gasteiger partial charge in [0.2, 0.25) is 5.91 Å². The lowest BCUT2D eigenvalue weighted by Gasteiger charge is -2.24. The zero-order chi connectivity index (χ0) is 28.6. The Hall–Kier alpha value is -3.26. The Kier molecular flexibility index (Phi) is 8.00. The fourth-order valence-electron chi connectivity index (χ4n) is 4.04. The average molecular weight is 668 g/mol. The van der Waals surface area contributed by atoms with Crippen LogP contribution in [0.4, 0.5) is 11.5 Å². The van der Waals surface area contributed by atoms with Crippen LogP contribution >= 0.6 is 39.1 Å². The van der Waals surface area contributed by atoms with Crippen molar-refractivity contribution < 1.29 is 22.2 Å². The van der Waals surface area contributed by atoms with Crippen molar-refractivity contribution in [3.8, 4) is 5.75 Å². The number of aromatic nitrogens is 2. The van der Waals surface area contributed by atoms with Crippen molar-refractivity contribution in [2.24, 2.45) is 5.10 Å². The number of benzene rings is 1. The van der Waals surface area contributed by atoms with E-state index in [9.17, 15) is 18.0 Å². The third kappa shape index (κ3) is 5.92. The van der Waals surface area contributed by atoms with Crippen LogP contribution in [-0.4, -0.2) is 59.3 Å². The van der Waals surface area contributed by atoms with E-state index in [1.165, 1.54) is 42.9 Å². The molecule has 1 aliphatic heterocycles. The first-order valence-corrected chi connectivity index (χ1v) is 14.9. The summed E-state index contributed by atoms with van der Waals surface area (Å²) in [5, 5.41) is 8.09. The smallest absolute Gasteiger partial charge is 0.354 e. The minimum absolute atomic E-state index is 0.0199. The van der Waals surface area contributed by atoms with Gasteiger partial charge in [0.15, 0.2) is 16.6 Å². The summed E-state index contributed by atoms with van der Waals surface area (Å²) < 4.78 is 31.8. The van der Waals surface area contributed by atoms with E-state index in [2.05, 4.69) is 36.3 Å². The fraction of sp³-hybridized carbons (Fsp3) is 0.240. The van der Waals surface area contributed by atoms with Gasteiger partial charge in [0.05, 0.1) is 22.5 Å². The molecule has 0 bridgehead atoms. The molecule has 2 aromatic heterocycles. The summed E-state index contributed by atoms with van der Waals surface area (Å²) in [7, 11) is -2.74. The molecule has 1 saturated carbocycles. The van der Waals surface area contributed by atoms with Crippen LogP contribution in [-0.2, 0) is 14.9 Å². The van der Waals surface area contributed by atoms with Gasteiger partial charge in [-0.3, -0.25) is 14.6 Å². The number of amides is 2. The molecule has 15 heteroatoms. The molecule has 11 nitrogen and oxygen atoms in total. The molecule has 2 aliphatic rings. The highest BCUT2D eigenvalue weighted by Crippen LogP contribution is 2.36. The van der Waals surface area contributed by atoms with E-state index in [1.54, 1.807) is 24.1 Å². The van der Waals surface area contributed by atoms with Gasteiger partial charge in [-0.15, -0.1) is 0 Å². The zero-order valence-electron chi connectivity index (χ0n) is 20.8. The predicted molar refractivity (Wildman–Crippen MR) is 154 cm³/mol. The highest BCUT2D eigenvalue weighted by molar-refractivity contribution is 9.10. The van der Waals surface area contributed by atoms with Crippen molar-refractivity contribution >= 4 is 77.6 Å². The number of hydrazone groups is 1. The van der Waals surface area contributed by atoms with Crippen LogP contribution in [0.2, 0.25) is 10.0 Å². The molecule has 2 amide bonds. The van der Waals surface area contributed by atoms with E-state index in [0.29, 0.717) is 9.50 Å². The zero-order valence-corrected chi connectivity index (χ0v) is 24.7. The highest BCUT2D eigenvalue weighted by atomic mass is 79.9. The van der Waals surface area contributed by atoms with Crippen LogP contribution in [0.15, 0.2) is 64.6 Å². The summed E-state index contributed by atoms with van der Waals surface area (Å²) in [4.78, 5) is 36.7. The molecule has 40 heavy (non-hydrogen) atoms. The number of hydrogen-bond donors (Lipinski definition) is 1. The maximum atomic E-state index is 13.7. The maximum Gasteiger partial charge on any atom is 0.354 e. The first-order chi connectivity index (χ1) is 19.0. The predicted octanol–water partition coefficient (Wildman–Crippen LogP) is 4.72.